The van der Waals surface area contributed by atoms with E-state index in [9.17, 15) is 4.39 Å². The van der Waals surface area contributed by atoms with Crippen LogP contribution in [-0.4, -0.2) is 37.6 Å². The molecule has 1 aliphatic rings. The molecular formula is C14H22FN3. The Morgan fingerprint density at radius 1 is 1.22 bits per heavy atom. The molecule has 0 aromatic heterocycles. The number of nitrogens with zero attached hydrogens (tertiary/aromatic N) is 2. The van der Waals surface area contributed by atoms with Gasteiger partial charge in [-0.15, -0.1) is 0 Å². The lowest BCUT2D eigenvalue weighted by Crippen LogP contribution is -2.46. The van der Waals surface area contributed by atoms with Gasteiger partial charge in [0.05, 0.1) is 0 Å². The number of piperazine rings is 1. The predicted molar refractivity (Wildman–Crippen MR) is 73.2 cm³/mol. The molecule has 100 valence electrons. The van der Waals surface area contributed by atoms with Crippen LogP contribution in [-0.2, 0) is 6.54 Å². The first-order chi connectivity index (χ1) is 8.74. The molecule has 2 rings (SSSR count). The van der Waals surface area contributed by atoms with Gasteiger partial charge in [0.15, 0.2) is 0 Å². The molecule has 1 fully saturated rings. The molecule has 4 heteroatoms. The zero-order valence-electron chi connectivity index (χ0n) is 11.0. The van der Waals surface area contributed by atoms with Gasteiger partial charge in [-0.25, -0.2) is 4.39 Å². The summed E-state index contributed by atoms with van der Waals surface area (Å²) in [7, 11) is 0. The Balaban J connectivity index is 1.99. The summed E-state index contributed by atoms with van der Waals surface area (Å²) in [5.74, 6) is -0.189. The largest absolute Gasteiger partial charge is 0.369 e. The van der Waals surface area contributed by atoms with E-state index in [4.69, 9.17) is 5.73 Å². The minimum atomic E-state index is -0.189. The van der Waals surface area contributed by atoms with Gasteiger partial charge in [-0.1, -0.05) is 13.0 Å². The van der Waals surface area contributed by atoms with Gasteiger partial charge < -0.3 is 10.6 Å². The molecule has 0 spiro atoms. The van der Waals surface area contributed by atoms with E-state index in [0.29, 0.717) is 5.56 Å². The molecule has 1 aliphatic heterocycles. The fraction of sp³-hybridized carbons (Fsp3) is 0.571. The number of anilines is 1. The van der Waals surface area contributed by atoms with Crippen molar-refractivity contribution in [1.82, 2.24) is 4.90 Å². The number of benzene rings is 1. The van der Waals surface area contributed by atoms with E-state index in [2.05, 4.69) is 16.7 Å². The molecule has 0 amide bonds. The maximum Gasteiger partial charge on any atom is 0.129 e. The van der Waals surface area contributed by atoms with Crippen LogP contribution in [0.5, 0.6) is 0 Å². The third-order valence-electron chi connectivity index (χ3n) is 3.53. The highest BCUT2D eigenvalue weighted by Gasteiger charge is 2.17. The summed E-state index contributed by atoms with van der Waals surface area (Å²) in [6.45, 7) is 7.70. The number of rotatable bonds is 4. The van der Waals surface area contributed by atoms with E-state index in [-0.39, 0.29) is 12.4 Å². The summed E-state index contributed by atoms with van der Waals surface area (Å²) < 4.78 is 13.7. The molecule has 0 aliphatic carbocycles. The smallest absolute Gasteiger partial charge is 0.129 e. The highest BCUT2D eigenvalue weighted by Crippen LogP contribution is 2.20. The van der Waals surface area contributed by atoms with Crippen molar-refractivity contribution in [2.75, 3.05) is 37.6 Å². The average Bonchev–Trinajstić information content (AvgIpc) is 2.40. The first-order valence-electron chi connectivity index (χ1n) is 6.70. The zero-order valence-corrected chi connectivity index (χ0v) is 11.0. The van der Waals surface area contributed by atoms with Crippen molar-refractivity contribution >= 4 is 5.69 Å². The summed E-state index contributed by atoms with van der Waals surface area (Å²) in [4.78, 5) is 4.71. The lowest BCUT2D eigenvalue weighted by atomic mass is 10.1. The summed E-state index contributed by atoms with van der Waals surface area (Å²) in [5.41, 5.74) is 7.03. The molecule has 1 saturated heterocycles. The topological polar surface area (TPSA) is 32.5 Å². The first-order valence-corrected chi connectivity index (χ1v) is 6.70. The van der Waals surface area contributed by atoms with E-state index in [1.807, 2.05) is 6.07 Å². The van der Waals surface area contributed by atoms with E-state index in [1.165, 1.54) is 6.42 Å². The van der Waals surface area contributed by atoms with Gasteiger partial charge in [-0.3, -0.25) is 4.90 Å². The van der Waals surface area contributed by atoms with Gasteiger partial charge in [0.1, 0.15) is 5.82 Å². The van der Waals surface area contributed by atoms with Crippen LogP contribution >= 0.6 is 0 Å². The van der Waals surface area contributed by atoms with Crippen LogP contribution in [0.3, 0.4) is 0 Å². The molecule has 0 unspecified atom stereocenters. The molecule has 0 atom stereocenters. The Morgan fingerprint density at radius 2 is 1.94 bits per heavy atom. The Labute approximate surface area is 108 Å². The highest BCUT2D eigenvalue weighted by atomic mass is 19.1. The van der Waals surface area contributed by atoms with Crippen LogP contribution in [0, 0.1) is 5.82 Å². The molecular weight excluding hydrogens is 229 g/mol. The Kier molecular flexibility index (Phi) is 4.55. The third kappa shape index (κ3) is 3.00. The van der Waals surface area contributed by atoms with Crippen molar-refractivity contribution in [3.8, 4) is 0 Å². The van der Waals surface area contributed by atoms with Crippen LogP contribution < -0.4 is 10.6 Å². The summed E-state index contributed by atoms with van der Waals surface area (Å²) in [5, 5.41) is 0. The second-order valence-electron chi connectivity index (χ2n) is 4.81. The third-order valence-corrected chi connectivity index (χ3v) is 3.53. The Bertz CT molecular complexity index is 387. The van der Waals surface area contributed by atoms with Crippen LogP contribution in [0.4, 0.5) is 10.1 Å². The van der Waals surface area contributed by atoms with Gasteiger partial charge in [0.2, 0.25) is 0 Å². The quantitative estimate of drug-likeness (QED) is 0.886. The van der Waals surface area contributed by atoms with Crippen LogP contribution in [0.25, 0.3) is 0 Å². The Hall–Kier alpha value is -1.13. The van der Waals surface area contributed by atoms with E-state index >= 15 is 0 Å². The van der Waals surface area contributed by atoms with Gasteiger partial charge >= 0.3 is 0 Å². The average molecular weight is 251 g/mol. The van der Waals surface area contributed by atoms with Crippen molar-refractivity contribution < 1.29 is 4.39 Å². The first kappa shape index (κ1) is 13.3. The zero-order chi connectivity index (χ0) is 13.0. The second-order valence-corrected chi connectivity index (χ2v) is 4.81. The van der Waals surface area contributed by atoms with Crippen LogP contribution in [0.1, 0.15) is 18.9 Å². The molecule has 1 aromatic carbocycles. The number of hydrogen-bond acceptors (Lipinski definition) is 3. The number of halogens is 1. The lowest BCUT2D eigenvalue weighted by molar-refractivity contribution is 0.258. The molecule has 1 aromatic rings. The highest BCUT2D eigenvalue weighted by molar-refractivity contribution is 5.48. The summed E-state index contributed by atoms with van der Waals surface area (Å²) >= 11 is 0. The molecule has 2 N–H and O–H groups in total. The molecule has 1 heterocycles. The number of hydrogen-bond donors (Lipinski definition) is 1. The molecule has 18 heavy (non-hydrogen) atoms. The lowest BCUT2D eigenvalue weighted by Gasteiger charge is -2.36. The minimum absolute atomic E-state index is 0.189. The summed E-state index contributed by atoms with van der Waals surface area (Å²) in [6, 6.07) is 5.38. The fourth-order valence-electron chi connectivity index (χ4n) is 2.44. The SMILES string of the molecule is CCCN1CCN(c2ccc(CN)c(F)c2)CC1. The van der Waals surface area contributed by atoms with Crippen LogP contribution in [0.2, 0.25) is 0 Å². The van der Waals surface area contributed by atoms with Gasteiger partial charge in [-0.2, -0.15) is 0 Å². The monoisotopic (exact) mass is 251 g/mol. The standard InChI is InChI=1S/C14H22FN3/c1-2-5-17-6-8-18(9-7-17)13-4-3-12(11-16)14(15)10-13/h3-4,10H,2,5-9,11,16H2,1H3. The van der Waals surface area contributed by atoms with E-state index < -0.39 is 0 Å². The predicted octanol–water partition coefficient (Wildman–Crippen LogP) is 1.82. The summed E-state index contributed by atoms with van der Waals surface area (Å²) in [6.07, 6.45) is 1.19. The maximum atomic E-state index is 13.7. The van der Waals surface area contributed by atoms with Gasteiger partial charge in [0.25, 0.3) is 0 Å². The van der Waals surface area contributed by atoms with E-state index in [1.54, 1.807) is 12.1 Å². The van der Waals surface area contributed by atoms with Gasteiger partial charge in [0, 0.05) is 44.0 Å². The van der Waals surface area contributed by atoms with Crippen molar-refractivity contribution in [3.63, 3.8) is 0 Å². The normalized spacial score (nSPS) is 17.2. The van der Waals surface area contributed by atoms with Crippen LogP contribution in [0.15, 0.2) is 18.2 Å². The van der Waals surface area contributed by atoms with Gasteiger partial charge in [-0.05, 0) is 25.1 Å². The van der Waals surface area contributed by atoms with Crippen molar-refractivity contribution in [1.29, 1.82) is 0 Å². The second kappa shape index (κ2) is 6.16. The number of nitrogens with two attached hydrogens (primary N) is 1. The van der Waals surface area contributed by atoms with Crippen molar-refractivity contribution in [2.24, 2.45) is 5.73 Å². The molecule has 0 radical (unpaired) electrons. The fourth-order valence-corrected chi connectivity index (χ4v) is 2.44. The van der Waals surface area contributed by atoms with E-state index in [0.717, 1.165) is 38.4 Å². The Morgan fingerprint density at radius 3 is 2.50 bits per heavy atom. The van der Waals surface area contributed by atoms with Crippen molar-refractivity contribution in [2.45, 2.75) is 19.9 Å². The molecule has 0 saturated carbocycles. The van der Waals surface area contributed by atoms with Crippen molar-refractivity contribution in [3.05, 3.63) is 29.6 Å². The minimum Gasteiger partial charge on any atom is -0.369 e. The maximum absolute atomic E-state index is 13.7. The molecule has 3 nitrogen and oxygen atoms in total. The molecule has 0 bridgehead atoms.